The molecule has 0 spiro atoms. The van der Waals surface area contributed by atoms with Crippen molar-refractivity contribution in [2.45, 2.75) is 25.8 Å². The molecule has 0 atom stereocenters. The van der Waals surface area contributed by atoms with E-state index in [9.17, 15) is 9.59 Å². The van der Waals surface area contributed by atoms with Crippen LogP contribution in [0.25, 0.3) is 0 Å². The number of carbonyl (C=O) groups excluding carboxylic acids is 2. The van der Waals surface area contributed by atoms with E-state index in [0.717, 1.165) is 0 Å². The van der Waals surface area contributed by atoms with Gasteiger partial charge in [-0.25, -0.2) is 0 Å². The second-order valence-corrected chi connectivity index (χ2v) is 4.62. The Hall–Kier alpha value is -1.53. The Kier molecular flexibility index (Phi) is 7.18. The summed E-state index contributed by atoms with van der Waals surface area (Å²) in [5.74, 6) is -0.242. The summed E-state index contributed by atoms with van der Waals surface area (Å²) in [6, 6.07) is 3.19. The molecule has 4 N–H and O–H groups in total. The fourth-order valence-electron chi connectivity index (χ4n) is 1.28. The lowest BCUT2D eigenvalue weighted by atomic mass is 10.1. The SMILES string of the molecule is CC(C)(CN)NC(=O)CCNC(=O)c1ccco1.Cl. The molecule has 0 radical (unpaired) electrons. The molecule has 0 aliphatic rings. The van der Waals surface area contributed by atoms with E-state index in [1.165, 1.54) is 6.26 Å². The van der Waals surface area contributed by atoms with E-state index in [2.05, 4.69) is 10.6 Å². The number of hydrogen-bond donors (Lipinski definition) is 3. The van der Waals surface area contributed by atoms with Crippen LogP contribution in [0.15, 0.2) is 22.8 Å². The fraction of sp³-hybridized carbons (Fsp3) is 0.500. The Balaban J connectivity index is 0.00000324. The van der Waals surface area contributed by atoms with Crippen LogP contribution in [0.4, 0.5) is 0 Å². The number of hydrogen-bond acceptors (Lipinski definition) is 4. The van der Waals surface area contributed by atoms with Gasteiger partial charge in [0.05, 0.1) is 6.26 Å². The number of rotatable bonds is 6. The first-order chi connectivity index (χ1) is 8.44. The Bertz CT molecular complexity index is 404. The number of furan rings is 1. The van der Waals surface area contributed by atoms with Gasteiger partial charge in [0, 0.05) is 25.0 Å². The smallest absolute Gasteiger partial charge is 0.286 e. The van der Waals surface area contributed by atoms with E-state index < -0.39 is 5.54 Å². The highest BCUT2D eigenvalue weighted by Gasteiger charge is 2.18. The summed E-state index contributed by atoms with van der Waals surface area (Å²) in [7, 11) is 0. The maximum absolute atomic E-state index is 11.5. The molecular weight excluding hydrogens is 270 g/mol. The van der Waals surface area contributed by atoms with Crippen LogP contribution < -0.4 is 16.4 Å². The van der Waals surface area contributed by atoms with Crippen molar-refractivity contribution in [3.63, 3.8) is 0 Å². The molecule has 7 heteroatoms. The maximum Gasteiger partial charge on any atom is 0.286 e. The Morgan fingerprint density at radius 2 is 2.11 bits per heavy atom. The van der Waals surface area contributed by atoms with Crippen molar-refractivity contribution in [3.8, 4) is 0 Å². The summed E-state index contributed by atoms with van der Waals surface area (Å²) < 4.78 is 4.92. The van der Waals surface area contributed by atoms with Gasteiger partial charge in [0.15, 0.2) is 5.76 Å². The van der Waals surface area contributed by atoms with Gasteiger partial charge < -0.3 is 20.8 Å². The third-order valence-electron chi connectivity index (χ3n) is 2.37. The molecule has 1 rings (SSSR count). The van der Waals surface area contributed by atoms with Crippen molar-refractivity contribution in [2.24, 2.45) is 5.73 Å². The predicted octanol–water partition coefficient (Wildman–Crippen LogP) is 0.675. The lowest BCUT2D eigenvalue weighted by Gasteiger charge is -2.24. The van der Waals surface area contributed by atoms with Crippen LogP contribution in [-0.4, -0.2) is 30.4 Å². The van der Waals surface area contributed by atoms with Gasteiger partial charge in [-0.05, 0) is 26.0 Å². The van der Waals surface area contributed by atoms with Crippen LogP contribution in [0.1, 0.15) is 30.8 Å². The molecule has 1 aromatic rings. The number of halogens is 1. The minimum atomic E-state index is -0.428. The fourth-order valence-corrected chi connectivity index (χ4v) is 1.28. The molecule has 0 aliphatic heterocycles. The van der Waals surface area contributed by atoms with E-state index in [1.807, 2.05) is 13.8 Å². The molecule has 0 saturated carbocycles. The molecule has 0 unspecified atom stereocenters. The van der Waals surface area contributed by atoms with Gasteiger partial charge in [-0.15, -0.1) is 12.4 Å². The summed E-state index contributed by atoms with van der Waals surface area (Å²) in [6.45, 7) is 4.29. The molecule has 6 nitrogen and oxygen atoms in total. The zero-order valence-electron chi connectivity index (χ0n) is 11.1. The third kappa shape index (κ3) is 6.26. The minimum absolute atomic E-state index is 0. The first kappa shape index (κ1) is 17.5. The quantitative estimate of drug-likeness (QED) is 0.717. The largest absolute Gasteiger partial charge is 0.459 e. The van der Waals surface area contributed by atoms with Crippen LogP contribution in [-0.2, 0) is 4.79 Å². The van der Waals surface area contributed by atoms with Crippen molar-refractivity contribution in [1.82, 2.24) is 10.6 Å². The standard InChI is InChI=1S/C12H19N3O3.ClH/c1-12(2,8-13)15-10(16)5-6-14-11(17)9-4-3-7-18-9;/h3-4,7H,5-6,8,13H2,1-2H3,(H,14,17)(H,15,16);1H. The van der Waals surface area contributed by atoms with Gasteiger partial charge in [-0.2, -0.15) is 0 Å². The van der Waals surface area contributed by atoms with Gasteiger partial charge in [0.1, 0.15) is 0 Å². The lowest BCUT2D eigenvalue weighted by molar-refractivity contribution is -0.122. The van der Waals surface area contributed by atoms with Crippen molar-refractivity contribution < 1.29 is 14.0 Å². The summed E-state index contributed by atoms with van der Waals surface area (Å²) in [6.07, 6.45) is 1.63. The van der Waals surface area contributed by atoms with Gasteiger partial charge in [-0.1, -0.05) is 0 Å². The van der Waals surface area contributed by atoms with Crippen LogP contribution in [0.3, 0.4) is 0 Å². The average Bonchev–Trinajstić information content (AvgIpc) is 2.81. The summed E-state index contributed by atoms with van der Waals surface area (Å²) >= 11 is 0. The van der Waals surface area contributed by atoms with E-state index in [4.69, 9.17) is 10.2 Å². The van der Waals surface area contributed by atoms with E-state index in [0.29, 0.717) is 6.54 Å². The normalized spacial score (nSPS) is 10.5. The number of carbonyl (C=O) groups is 2. The highest BCUT2D eigenvalue weighted by Crippen LogP contribution is 2.00. The monoisotopic (exact) mass is 289 g/mol. The molecule has 19 heavy (non-hydrogen) atoms. The summed E-state index contributed by atoms with van der Waals surface area (Å²) in [5.41, 5.74) is 5.07. The molecule has 0 aromatic carbocycles. The molecule has 0 saturated heterocycles. The van der Waals surface area contributed by atoms with Crippen LogP contribution in [0.2, 0.25) is 0 Å². The molecular formula is C12H20ClN3O3. The highest BCUT2D eigenvalue weighted by molar-refractivity contribution is 5.91. The first-order valence-electron chi connectivity index (χ1n) is 5.77. The van der Waals surface area contributed by atoms with Gasteiger partial charge in [0.2, 0.25) is 5.91 Å². The van der Waals surface area contributed by atoms with E-state index in [1.54, 1.807) is 12.1 Å². The molecule has 0 fully saturated rings. The van der Waals surface area contributed by atoms with Crippen LogP contribution >= 0.6 is 12.4 Å². The molecule has 1 aromatic heterocycles. The second-order valence-electron chi connectivity index (χ2n) is 4.62. The first-order valence-corrected chi connectivity index (χ1v) is 5.77. The zero-order chi connectivity index (χ0) is 13.6. The van der Waals surface area contributed by atoms with E-state index >= 15 is 0 Å². The molecule has 1 heterocycles. The maximum atomic E-state index is 11.5. The summed E-state index contributed by atoms with van der Waals surface area (Å²) in [4.78, 5) is 23.0. The Labute approximate surface area is 118 Å². The van der Waals surface area contributed by atoms with Crippen molar-refractivity contribution >= 4 is 24.2 Å². The van der Waals surface area contributed by atoms with Crippen LogP contribution in [0, 0.1) is 0 Å². The Morgan fingerprint density at radius 1 is 1.42 bits per heavy atom. The number of nitrogens with two attached hydrogens (primary N) is 1. The van der Waals surface area contributed by atoms with Crippen molar-refractivity contribution in [1.29, 1.82) is 0 Å². The van der Waals surface area contributed by atoms with E-state index in [-0.39, 0.29) is 42.9 Å². The van der Waals surface area contributed by atoms with Crippen molar-refractivity contribution in [2.75, 3.05) is 13.1 Å². The Morgan fingerprint density at radius 3 is 2.63 bits per heavy atom. The number of nitrogens with one attached hydrogen (secondary N) is 2. The molecule has 108 valence electrons. The zero-order valence-corrected chi connectivity index (χ0v) is 11.9. The van der Waals surface area contributed by atoms with Crippen LogP contribution in [0.5, 0.6) is 0 Å². The topological polar surface area (TPSA) is 97.4 Å². The minimum Gasteiger partial charge on any atom is -0.459 e. The molecule has 0 aliphatic carbocycles. The molecule has 0 bridgehead atoms. The average molecular weight is 290 g/mol. The highest BCUT2D eigenvalue weighted by atomic mass is 35.5. The molecule has 2 amide bonds. The second kappa shape index (κ2) is 7.81. The number of amides is 2. The predicted molar refractivity (Wildman–Crippen MR) is 74.2 cm³/mol. The third-order valence-corrected chi connectivity index (χ3v) is 2.37. The lowest BCUT2D eigenvalue weighted by Crippen LogP contribution is -2.49. The van der Waals surface area contributed by atoms with Gasteiger partial charge in [0.25, 0.3) is 5.91 Å². The van der Waals surface area contributed by atoms with Gasteiger partial charge >= 0.3 is 0 Å². The van der Waals surface area contributed by atoms with Gasteiger partial charge in [-0.3, -0.25) is 9.59 Å². The summed E-state index contributed by atoms with van der Waals surface area (Å²) in [5, 5.41) is 5.37. The van der Waals surface area contributed by atoms with Crippen molar-refractivity contribution in [3.05, 3.63) is 24.2 Å².